The highest BCUT2D eigenvalue weighted by Gasteiger charge is 2.30. The first kappa shape index (κ1) is 36.7. The van der Waals surface area contributed by atoms with Crippen molar-refractivity contribution >= 4 is 92.7 Å². The summed E-state index contributed by atoms with van der Waals surface area (Å²) in [6.07, 6.45) is 1.95. The van der Waals surface area contributed by atoms with Crippen molar-refractivity contribution in [1.29, 1.82) is 0 Å². The number of hydrogen-bond acceptors (Lipinski definition) is 8. The number of rotatable bonds is 11. The topological polar surface area (TPSA) is 134 Å². The van der Waals surface area contributed by atoms with Gasteiger partial charge in [0, 0.05) is 44.5 Å². The van der Waals surface area contributed by atoms with E-state index in [0.29, 0.717) is 61.8 Å². The predicted molar refractivity (Wildman–Crippen MR) is 198 cm³/mol. The van der Waals surface area contributed by atoms with Crippen LogP contribution in [-0.2, 0) is 32.1 Å². The van der Waals surface area contributed by atoms with E-state index in [0.717, 1.165) is 10.4 Å². The summed E-state index contributed by atoms with van der Waals surface area (Å²) in [5.41, 5.74) is 2.33. The van der Waals surface area contributed by atoms with Crippen LogP contribution in [0.2, 0.25) is 10.0 Å². The van der Waals surface area contributed by atoms with E-state index in [4.69, 9.17) is 27.9 Å². The number of fused-ring (bicyclic) bond motifs is 1. The first-order valence-corrected chi connectivity index (χ1v) is 18.0. The Balaban J connectivity index is 1.28. The maximum atomic E-state index is 13.5. The number of hydrogen-bond donors (Lipinski definition) is 3. The Kier molecular flexibility index (Phi) is 12.4. The lowest BCUT2D eigenvalue weighted by Crippen LogP contribution is -2.34. The number of esters is 1. The lowest BCUT2D eigenvalue weighted by Gasteiger charge is -2.25. The van der Waals surface area contributed by atoms with Gasteiger partial charge in [0.25, 0.3) is 11.8 Å². The largest absolute Gasteiger partial charge is 0.462 e. The molecule has 0 aliphatic carbocycles. The molecule has 0 atom stereocenters. The lowest BCUT2D eigenvalue weighted by molar-refractivity contribution is -0.129. The normalized spacial score (nSPS) is 12.5. The molecule has 0 fully saturated rings. The van der Waals surface area contributed by atoms with Gasteiger partial charge in [-0.2, -0.15) is 0 Å². The zero-order valence-corrected chi connectivity index (χ0v) is 30.2. The highest BCUT2D eigenvalue weighted by Crippen LogP contribution is 2.38. The molecule has 1 aliphatic rings. The van der Waals surface area contributed by atoms with Gasteiger partial charge in [0.1, 0.15) is 10.7 Å². The average Bonchev–Trinajstić information content (AvgIpc) is 3.45. The Bertz CT molecular complexity index is 1980. The smallest absolute Gasteiger partial charge is 0.341 e. The molecule has 3 N–H and O–H groups in total. The molecule has 14 heteroatoms. The lowest BCUT2D eigenvalue weighted by atomic mass is 10.0. The van der Waals surface area contributed by atoms with E-state index in [2.05, 4.69) is 16.0 Å². The number of thioether (sulfide) groups is 1. The van der Waals surface area contributed by atoms with Crippen molar-refractivity contribution in [3.63, 3.8) is 0 Å². The average molecular weight is 752 g/mol. The SMILES string of the molecule is CCOC(=O)c1c(NC(=O)CSc2cccc(NC(=O)/C(=C\c3ccc(Cl)cc3Cl)NC(=O)c3ccccc3)c2)sc2c1CCN(C(C)=O)C2. The summed E-state index contributed by atoms with van der Waals surface area (Å²) >= 11 is 14.9. The monoisotopic (exact) mass is 750 g/mol. The Labute approximate surface area is 307 Å². The second-order valence-corrected chi connectivity index (χ2v) is 14.0. The van der Waals surface area contributed by atoms with E-state index >= 15 is 0 Å². The Morgan fingerprint density at radius 3 is 2.48 bits per heavy atom. The van der Waals surface area contributed by atoms with Gasteiger partial charge >= 0.3 is 5.97 Å². The van der Waals surface area contributed by atoms with Crippen LogP contribution in [-0.4, -0.2) is 53.4 Å². The Hall–Kier alpha value is -4.62. The molecule has 2 heterocycles. The molecule has 1 aliphatic heterocycles. The first-order valence-electron chi connectivity index (χ1n) is 15.5. The van der Waals surface area contributed by atoms with Gasteiger partial charge in [0.05, 0.1) is 24.5 Å². The van der Waals surface area contributed by atoms with E-state index < -0.39 is 17.8 Å². The number of nitrogens with zero attached hydrogens (tertiary/aromatic N) is 1. The van der Waals surface area contributed by atoms with Crippen molar-refractivity contribution < 1.29 is 28.7 Å². The number of ether oxygens (including phenoxy) is 1. The predicted octanol–water partition coefficient (Wildman–Crippen LogP) is 7.28. The molecule has 0 unspecified atom stereocenters. The summed E-state index contributed by atoms with van der Waals surface area (Å²) in [6.45, 7) is 4.25. The fourth-order valence-corrected chi connectivity index (χ4v) is 7.56. The van der Waals surface area contributed by atoms with Gasteiger partial charge in [-0.05, 0) is 73.0 Å². The second kappa shape index (κ2) is 16.9. The summed E-state index contributed by atoms with van der Waals surface area (Å²) in [4.78, 5) is 67.7. The fourth-order valence-electron chi connectivity index (χ4n) is 5.07. The minimum Gasteiger partial charge on any atom is -0.462 e. The van der Waals surface area contributed by atoms with Crippen LogP contribution in [0.15, 0.2) is 83.4 Å². The molecule has 5 rings (SSSR count). The van der Waals surface area contributed by atoms with E-state index in [9.17, 15) is 24.0 Å². The van der Waals surface area contributed by atoms with Crippen LogP contribution < -0.4 is 16.0 Å². The van der Waals surface area contributed by atoms with Crippen LogP contribution in [0.5, 0.6) is 0 Å². The van der Waals surface area contributed by atoms with E-state index in [1.807, 2.05) is 0 Å². The molecule has 0 saturated carbocycles. The summed E-state index contributed by atoms with van der Waals surface area (Å²) in [6, 6.07) is 20.2. The van der Waals surface area contributed by atoms with Gasteiger partial charge in [-0.15, -0.1) is 23.1 Å². The molecule has 0 bridgehead atoms. The fraction of sp³-hybridized carbons (Fsp3) is 0.194. The number of benzene rings is 3. The minimum absolute atomic E-state index is 0.00908. The standard InChI is InChI=1S/C36H32Cl2N4O6S2/c1-3-48-36(47)32-27-14-15-42(21(2)43)19-30(27)50-35(32)41-31(44)20-49-26-11-7-10-25(18-26)39-34(46)29(16-23-12-13-24(37)17-28(23)38)40-33(45)22-8-5-4-6-9-22/h4-13,16-18H,3,14-15,19-20H2,1-2H3,(H,39,46)(H,40,45)(H,41,44)/b29-16+. The van der Waals surface area contributed by atoms with Gasteiger partial charge in [-0.3, -0.25) is 19.2 Å². The number of thiophene rings is 1. The molecule has 0 radical (unpaired) electrons. The number of carbonyl (C=O) groups is 5. The zero-order valence-electron chi connectivity index (χ0n) is 27.0. The molecule has 0 saturated heterocycles. The molecule has 10 nitrogen and oxygen atoms in total. The minimum atomic E-state index is -0.600. The molecule has 4 amide bonds. The molecule has 4 aromatic rings. The molecular formula is C36H32Cl2N4O6S2. The van der Waals surface area contributed by atoms with Crippen LogP contribution in [0.4, 0.5) is 10.7 Å². The van der Waals surface area contributed by atoms with Crippen molar-refractivity contribution in [2.24, 2.45) is 0 Å². The summed E-state index contributed by atoms with van der Waals surface area (Å²) in [5, 5.41) is 9.45. The summed E-state index contributed by atoms with van der Waals surface area (Å²) < 4.78 is 5.28. The third-order valence-electron chi connectivity index (χ3n) is 7.49. The van der Waals surface area contributed by atoms with E-state index in [-0.39, 0.29) is 29.9 Å². The zero-order chi connectivity index (χ0) is 35.8. The van der Waals surface area contributed by atoms with Gasteiger partial charge < -0.3 is 25.6 Å². The highest BCUT2D eigenvalue weighted by atomic mass is 35.5. The van der Waals surface area contributed by atoms with Crippen molar-refractivity contribution in [1.82, 2.24) is 10.2 Å². The Morgan fingerprint density at radius 2 is 1.76 bits per heavy atom. The van der Waals surface area contributed by atoms with Gasteiger partial charge in [-0.1, -0.05) is 53.5 Å². The van der Waals surface area contributed by atoms with Crippen molar-refractivity contribution in [2.75, 3.05) is 29.5 Å². The molecular weight excluding hydrogens is 719 g/mol. The van der Waals surface area contributed by atoms with E-state index in [1.165, 1.54) is 42.2 Å². The van der Waals surface area contributed by atoms with Crippen LogP contribution >= 0.6 is 46.3 Å². The molecule has 258 valence electrons. The maximum Gasteiger partial charge on any atom is 0.341 e. The summed E-state index contributed by atoms with van der Waals surface area (Å²) in [7, 11) is 0. The van der Waals surface area contributed by atoms with Gasteiger partial charge in [0.2, 0.25) is 11.8 Å². The van der Waals surface area contributed by atoms with E-state index in [1.54, 1.807) is 78.6 Å². The third kappa shape index (κ3) is 9.33. The van der Waals surface area contributed by atoms with Crippen molar-refractivity contribution in [3.05, 3.63) is 116 Å². The maximum absolute atomic E-state index is 13.5. The highest BCUT2D eigenvalue weighted by molar-refractivity contribution is 8.00. The number of amides is 4. The van der Waals surface area contributed by atoms with Crippen molar-refractivity contribution in [2.45, 2.75) is 31.7 Å². The molecule has 50 heavy (non-hydrogen) atoms. The van der Waals surface area contributed by atoms with Crippen LogP contribution in [0, 0.1) is 0 Å². The number of carbonyl (C=O) groups excluding carboxylic acids is 5. The Morgan fingerprint density at radius 1 is 0.980 bits per heavy atom. The van der Waals surface area contributed by atoms with Crippen LogP contribution in [0.1, 0.15) is 50.6 Å². The van der Waals surface area contributed by atoms with Gasteiger partial charge in [0.15, 0.2) is 0 Å². The number of anilines is 2. The van der Waals surface area contributed by atoms with Crippen LogP contribution in [0.3, 0.4) is 0 Å². The molecule has 0 spiro atoms. The third-order valence-corrected chi connectivity index (χ3v) is 10.2. The van der Waals surface area contributed by atoms with Crippen molar-refractivity contribution in [3.8, 4) is 0 Å². The van der Waals surface area contributed by atoms with Gasteiger partial charge in [-0.25, -0.2) is 4.79 Å². The summed E-state index contributed by atoms with van der Waals surface area (Å²) in [5.74, 6) is -1.99. The second-order valence-electron chi connectivity index (χ2n) is 11.0. The number of nitrogens with one attached hydrogen (secondary N) is 3. The molecule has 1 aromatic heterocycles. The first-order chi connectivity index (χ1) is 24.0. The van der Waals surface area contributed by atoms with Crippen LogP contribution in [0.25, 0.3) is 6.08 Å². The molecule has 3 aromatic carbocycles. The number of halogens is 2. The quantitative estimate of drug-likeness (QED) is 0.0834.